The van der Waals surface area contributed by atoms with Crippen LogP contribution in [-0.2, 0) is 6.42 Å². The van der Waals surface area contributed by atoms with Gasteiger partial charge in [0.1, 0.15) is 0 Å². The third-order valence-electron chi connectivity index (χ3n) is 5.69. The highest BCUT2D eigenvalue weighted by molar-refractivity contribution is 5.53. The standard InChI is InChI=1S/C25H27NO4/c1-27-21-11-10-17(13-22(21)28-2)20-12-18-14-23(29-3)24(30-4)15-19(18)25(26-20)16-8-6-5-7-9-16/h5-11,13-15,20,25-26H,12H2,1-4H3/t20-,25+/m1/s1. The predicted molar refractivity (Wildman–Crippen MR) is 117 cm³/mol. The van der Waals surface area contributed by atoms with Crippen LogP contribution in [-0.4, -0.2) is 28.4 Å². The molecule has 5 nitrogen and oxygen atoms in total. The first-order chi connectivity index (χ1) is 14.7. The Kier molecular flexibility index (Phi) is 5.81. The van der Waals surface area contributed by atoms with Gasteiger partial charge in [-0.1, -0.05) is 36.4 Å². The summed E-state index contributed by atoms with van der Waals surface area (Å²) >= 11 is 0. The minimum absolute atomic E-state index is 0.0350. The average molecular weight is 405 g/mol. The Morgan fingerprint density at radius 3 is 1.97 bits per heavy atom. The smallest absolute Gasteiger partial charge is 0.161 e. The lowest BCUT2D eigenvalue weighted by Crippen LogP contribution is -2.34. The van der Waals surface area contributed by atoms with Gasteiger partial charge in [-0.25, -0.2) is 0 Å². The zero-order valence-corrected chi connectivity index (χ0v) is 17.8. The van der Waals surface area contributed by atoms with E-state index in [1.807, 2.05) is 18.2 Å². The molecule has 30 heavy (non-hydrogen) atoms. The summed E-state index contributed by atoms with van der Waals surface area (Å²) < 4.78 is 22.1. The Balaban J connectivity index is 1.80. The second-order valence-electron chi connectivity index (χ2n) is 7.29. The normalized spacial score (nSPS) is 17.7. The number of methoxy groups -OCH3 is 4. The topological polar surface area (TPSA) is 49.0 Å². The van der Waals surface area contributed by atoms with Gasteiger partial charge in [0.2, 0.25) is 0 Å². The third-order valence-corrected chi connectivity index (χ3v) is 5.69. The van der Waals surface area contributed by atoms with E-state index in [1.54, 1.807) is 28.4 Å². The van der Waals surface area contributed by atoms with Gasteiger partial charge in [-0.2, -0.15) is 0 Å². The van der Waals surface area contributed by atoms with Gasteiger partial charge in [-0.15, -0.1) is 0 Å². The molecule has 1 aliphatic heterocycles. The minimum Gasteiger partial charge on any atom is -0.493 e. The predicted octanol–water partition coefficient (Wildman–Crippen LogP) is 4.70. The maximum Gasteiger partial charge on any atom is 0.161 e. The molecule has 0 fully saturated rings. The van der Waals surface area contributed by atoms with E-state index < -0.39 is 0 Å². The molecule has 5 heteroatoms. The fourth-order valence-corrected chi connectivity index (χ4v) is 4.16. The lowest BCUT2D eigenvalue weighted by Gasteiger charge is -2.35. The van der Waals surface area contributed by atoms with Gasteiger partial charge in [0.05, 0.1) is 34.5 Å². The number of nitrogens with one attached hydrogen (secondary N) is 1. The van der Waals surface area contributed by atoms with Crippen LogP contribution in [0.1, 0.15) is 34.3 Å². The first-order valence-electron chi connectivity index (χ1n) is 9.96. The van der Waals surface area contributed by atoms with Crippen LogP contribution >= 0.6 is 0 Å². The Hall–Kier alpha value is -3.18. The lowest BCUT2D eigenvalue weighted by molar-refractivity contribution is 0.349. The highest BCUT2D eigenvalue weighted by Crippen LogP contribution is 2.42. The van der Waals surface area contributed by atoms with E-state index in [2.05, 4.69) is 47.8 Å². The van der Waals surface area contributed by atoms with E-state index in [-0.39, 0.29) is 12.1 Å². The first kappa shape index (κ1) is 20.1. The minimum atomic E-state index is 0.0350. The summed E-state index contributed by atoms with van der Waals surface area (Å²) in [5.74, 6) is 2.94. The van der Waals surface area contributed by atoms with Crippen molar-refractivity contribution < 1.29 is 18.9 Å². The highest BCUT2D eigenvalue weighted by Gasteiger charge is 2.30. The summed E-state index contributed by atoms with van der Waals surface area (Å²) in [5, 5.41) is 3.83. The molecule has 156 valence electrons. The quantitative estimate of drug-likeness (QED) is 0.644. The van der Waals surface area contributed by atoms with Crippen molar-refractivity contribution in [3.8, 4) is 23.0 Å². The Labute approximate surface area is 177 Å². The molecule has 0 aliphatic carbocycles. The molecule has 0 radical (unpaired) electrons. The van der Waals surface area contributed by atoms with Gasteiger partial charge in [0.25, 0.3) is 0 Å². The van der Waals surface area contributed by atoms with E-state index in [0.29, 0.717) is 0 Å². The Morgan fingerprint density at radius 1 is 0.667 bits per heavy atom. The summed E-state index contributed by atoms with van der Waals surface area (Å²) in [6.07, 6.45) is 0.828. The summed E-state index contributed by atoms with van der Waals surface area (Å²) in [6.45, 7) is 0. The van der Waals surface area contributed by atoms with Gasteiger partial charge >= 0.3 is 0 Å². The second kappa shape index (κ2) is 8.67. The van der Waals surface area contributed by atoms with Crippen LogP contribution in [0.25, 0.3) is 0 Å². The number of hydrogen-bond acceptors (Lipinski definition) is 5. The molecule has 0 amide bonds. The van der Waals surface area contributed by atoms with Crippen LogP contribution in [0.4, 0.5) is 0 Å². The highest BCUT2D eigenvalue weighted by atomic mass is 16.5. The largest absolute Gasteiger partial charge is 0.493 e. The van der Waals surface area contributed by atoms with Crippen molar-refractivity contribution in [3.63, 3.8) is 0 Å². The maximum atomic E-state index is 5.57. The van der Waals surface area contributed by atoms with Crippen molar-refractivity contribution in [2.45, 2.75) is 18.5 Å². The molecule has 0 spiro atoms. The molecule has 1 heterocycles. The van der Waals surface area contributed by atoms with Crippen molar-refractivity contribution in [1.82, 2.24) is 5.32 Å². The summed E-state index contributed by atoms with van der Waals surface area (Å²) in [4.78, 5) is 0. The zero-order valence-electron chi connectivity index (χ0n) is 17.8. The van der Waals surface area contributed by atoms with Crippen LogP contribution in [0.15, 0.2) is 60.7 Å². The molecule has 0 aromatic heterocycles. The Bertz CT molecular complexity index is 1020. The fraction of sp³-hybridized carbons (Fsp3) is 0.280. The molecule has 0 unspecified atom stereocenters. The third kappa shape index (κ3) is 3.68. The van der Waals surface area contributed by atoms with Crippen molar-refractivity contribution >= 4 is 0 Å². The van der Waals surface area contributed by atoms with E-state index in [9.17, 15) is 0 Å². The fourth-order valence-electron chi connectivity index (χ4n) is 4.16. The molecule has 3 aromatic carbocycles. The molecule has 0 bridgehead atoms. The van der Waals surface area contributed by atoms with Crippen molar-refractivity contribution in [2.75, 3.05) is 28.4 Å². The lowest BCUT2D eigenvalue weighted by atomic mass is 9.84. The van der Waals surface area contributed by atoms with Crippen LogP contribution < -0.4 is 24.3 Å². The number of benzene rings is 3. The number of rotatable bonds is 6. The van der Waals surface area contributed by atoms with Crippen LogP contribution in [0.3, 0.4) is 0 Å². The number of fused-ring (bicyclic) bond motifs is 1. The summed E-state index contributed by atoms with van der Waals surface area (Å²) in [6, 6.07) is 20.9. The van der Waals surface area contributed by atoms with Gasteiger partial charge in [-0.3, -0.25) is 5.32 Å². The van der Waals surface area contributed by atoms with E-state index in [4.69, 9.17) is 18.9 Å². The average Bonchev–Trinajstić information content (AvgIpc) is 2.82. The first-order valence-corrected chi connectivity index (χ1v) is 9.96. The molecule has 1 aliphatic rings. The van der Waals surface area contributed by atoms with E-state index >= 15 is 0 Å². The van der Waals surface area contributed by atoms with Crippen LogP contribution in [0, 0.1) is 0 Å². The monoisotopic (exact) mass is 405 g/mol. The van der Waals surface area contributed by atoms with Gasteiger partial charge < -0.3 is 18.9 Å². The number of ether oxygens (including phenoxy) is 4. The SMILES string of the molecule is COc1ccc([C@H]2Cc3cc(OC)c(OC)cc3[C@H](c3ccccc3)N2)cc1OC. The molecule has 0 saturated carbocycles. The van der Waals surface area contributed by atoms with Crippen molar-refractivity contribution in [2.24, 2.45) is 0 Å². The molecule has 0 saturated heterocycles. The summed E-state index contributed by atoms with van der Waals surface area (Å²) in [7, 11) is 6.66. The second-order valence-corrected chi connectivity index (χ2v) is 7.29. The van der Waals surface area contributed by atoms with Gasteiger partial charge in [-0.05, 0) is 52.9 Å². The zero-order chi connectivity index (χ0) is 21.1. The molecule has 4 rings (SSSR count). The molecule has 3 aromatic rings. The molecule has 2 atom stereocenters. The Morgan fingerprint density at radius 2 is 1.30 bits per heavy atom. The molecular formula is C25H27NO4. The molecular weight excluding hydrogens is 378 g/mol. The van der Waals surface area contributed by atoms with Gasteiger partial charge in [0.15, 0.2) is 23.0 Å². The van der Waals surface area contributed by atoms with E-state index in [1.165, 1.54) is 16.7 Å². The molecule has 1 N–H and O–H groups in total. The van der Waals surface area contributed by atoms with Crippen LogP contribution in [0.2, 0.25) is 0 Å². The summed E-state index contributed by atoms with van der Waals surface area (Å²) in [5.41, 5.74) is 4.79. The maximum absolute atomic E-state index is 5.57. The van der Waals surface area contributed by atoms with Crippen molar-refractivity contribution in [1.29, 1.82) is 0 Å². The van der Waals surface area contributed by atoms with E-state index in [0.717, 1.165) is 35.0 Å². The number of hydrogen-bond donors (Lipinski definition) is 1. The van der Waals surface area contributed by atoms with Gasteiger partial charge in [0, 0.05) is 6.04 Å². The van der Waals surface area contributed by atoms with Crippen LogP contribution in [0.5, 0.6) is 23.0 Å². The van der Waals surface area contributed by atoms with Crippen molar-refractivity contribution in [3.05, 3.63) is 82.9 Å².